The van der Waals surface area contributed by atoms with Crippen LogP contribution in [0.15, 0.2) is 18.2 Å². The molecule has 1 aromatic heterocycles. The monoisotopic (exact) mass is 261 g/mol. The van der Waals surface area contributed by atoms with Gasteiger partial charge < -0.3 is 14.8 Å². The number of likely N-dealkylation sites (N-methyl/N-ethyl adjacent to an activating group) is 1. The summed E-state index contributed by atoms with van der Waals surface area (Å²) in [6, 6.07) is 5.92. The molecule has 0 aliphatic carbocycles. The number of benzene rings is 1. The molecule has 1 N–H and O–H groups in total. The van der Waals surface area contributed by atoms with E-state index in [4.69, 9.17) is 9.47 Å². The van der Waals surface area contributed by atoms with Crippen LogP contribution in [0.25, 0.3) is 0 Å². The first-order chi connectivity index (χ1) is 9.29. The summed E-state index contributed by atoms with van der Waals surface area (Å²) >= 11 is 0. The molecule has 1 unspecified atom stereocenters. The second-order valence-electron chi connectivity index (χ2n) is 4.38. The van der Waals surface area contributed by atoms with Crippen molar-refractivity contribution in [3.63, 3.8) is 0 Å². The zero-order valence-electron chi connectivity index (χ0n) is 10.8. The number of aryl methyl sites for hydroxylation is 1. The smallest absolute Gasteiger partial charge is 0.231 e. The number of ether oxygens (including phenoxy) is 2. The Morgan fingerprint density at radius 2 is 2.21 bits per heavy atom. The van der Waals surface area contributed by atoms with Gasteiger partial charge in [-0.1, -0.05) is 6.07 Å². The SMILES string of the molecule is CNCC(c1ccc2c(c1)OCO2)c1nnnn1C. The molecular formula is C12H15N5O2. The molecule has 0 fully saturated rings. The van der Waals surface area contributed by atoms with Crippen molar-refractivity contribution in [2.75, 3.05) is 20.4 Å². The molecule has 7 heteroatoms. The van der Waals surface area contributed by atoms with Gasteiger partial charge in [-0.2, -0.15) is 0 Å². The summed E-state index contributed by atoms with van der Waals surface area (Å²) in [7, 11) is 3.74. The summed E-state index contributed by atoms with van der Waals surface area (Å²) in [6.45, 7) is 1.02. The second kappa shape index (κ2) is 4.85. The molecule has 0 spiro atoms. The first-order valence-corrected chi connectivity index (χ1v) is 6.06. The van der Waals surface area contributed by atoms with E-state index in [1.807, 2.05) is 32.3 Å². The van der Waals surface area contributed by atoms with Crippen LogP contribution in [0.5, 0.6) is 11.5 Å². The summed E-state index contributed by atoms with van der Waals surface area (Å²) in [5.41, 5.74) is 1.09. The summed E-state index contributed by atoms with van der Waals surface area (Å²) in [5.74, 6) is 2.43. The van der Waals surface area contributed by atoms with Gasteiger partial charge in [0.05, 0.1) is 5.92 Å². The van der Waals surface area contributed by atoms with E-state index >= 15 is 0 Å². The average Bonchev–Trinajstić information content (AvgIpc) is 3.03. The van der Waals surface area contributed by atoms with E-state index in [0.717, 1.165) is 29.4 Å². The first kappa shape index (κ1) is 11.9. The van der Waals surface area contributed by atoms with Gasteiger partial charge in [0.25, 0.3) is 0 Å². The molecule has 2 heterocycles. The van der Waals surface area contributed by atoms with Gasteiger partial charge in [-0.25, -0.2) is 4.68 Å². The number of hydrogen-bond donors (Lipinski definition) is 1. The van der Waals surface area contributed by atoms with Gasteiger partial charge in [-0.3, -0.25) is 0 Å². The first-order valence-electron chi connectivity index (χ1n) is 6.06. The predicted molar refractivity (Wildman–Crippen MR) is 67.1 cm³/mol. The molecule has 2 aromatic rings. The molecule has 0 amide bonds. The van der Waals surface area contributed by atoms with Crippen LogP contribution in [0.4, 0.5) is 0 Å². The summed E-state index contributed by atoms with van der Waals surface area (Å²) in [5, 5.41) is 14.9. The van der Waals surface area contributed by atoms with Crippen molar-refractivity contribution in [1.29, 1.82) is 0 Å². The van der Waals surface area contributed by atoms with Crippen molar-refractivity contribution in [3.05, 3.63) is 29.6 Å². The third-order valence-electron chi connectivity index (χ3n) is 3.17. The van der Waals surface area contributed by atoms with Crippen LogP contribution in [-0.4, -0.2) is 40.6 Å². The number of fused-ring (bicyclic) bond motifs is 1. The highest BCUT2D eigenvalue weighted by molar-refractivity contribution is 5.46. The lowest BCUT2D eigenvalue weighted by Crippen LogP contribution is -2.21. The van der Waals surface area contributed by atoms with E-state index in [2.05, 4.69) is 20.8 Å². The molecular weight excluding hydrogens is 246 g/mol. The van der Waals surface area contributed by atoms with Crippen molar-refractivity contribution in [3.8, 4) is 11.5 Å². The van der Waals surface area contributed by atoms with E-state index in [9.17, 15) is 0 Å². The number of tetrazole rings is 1. The Morgan fingerprint density at radius 3 is 2.95 bits per heavy atom. The number of nitrogens with zero attached hydrogens (tertiary/aromatic N) is 4. The van der Waals surface area contributed by atoms with Gasteiger partial charge in [0.15, 0.2) is 17.3 Å². The third kappa shape index (κ3) is 2.12. The normalized spacial score (nSPS) is 14.6. The molecule has 0 radical (unpaired) electrons. The summed E-state index contributed by atoms with van der Waals surface area (Å²) < 4.78 is 12.4. The molecule has 7 nitrogen and oxygen atoms in total. The summed E-state index contributed by atoms with van der Waals surface area (Å²) in [4.78, 5) is 0. The number of nitrogens with one attached hydrogen (secondary N) is 1. The minimum Gasteiger partial charge on any atom is -0.454 e. The molecule has 3 rings (SSSR count). The average molecular weight is 261 g/mol. The third-order valence-corrected chi connectivity index (χ3v) is 3.17. The fourth-order valence-electron chi connectivity index (χ4n) is 2.22. The standard InChI is InChI=1S/C12H15N5O2/c1-13-6-9(12-14-15-16-17(12)2)8-3-4-10-11(5-8)19-7-18-10/h3-5,9,13H,6-7H2,1-2H3. The van der Waals surface area contributed by atoms with Crippen molar-refractivity contribution >= 4 is 0 Å². The van der Waals surface area contributed by atoms with Crippen LogP contribution < -0.4 is 14.8 Å². The van der Waals surface area contributed by atoms with Gasteiger partial charge in [0, 0.05) is 13.6 Å². The lowest BCUT2D eigenvalue weighted by Gasteiger charge is -2.15. The van der Waals surface area contributed by atoms with Crippen LogP contribution >= 0.6 is 0 Å². The topological polar surface area (TPSA) is 74.1 Å². The molecule has 0 bridgehead atoms. The van der Waals surface area contributed by atoms with E-state index in [1.165, 1.54) is 0 Å². The maximum atomic E-state index is 5.41. The molecule has 0 saturated heterocycles. The molecule has 1 aliphatic heterocycles. The van der Waals surface area contributed by atoms with E-state index < -0.39 is 0 Å². The lowest BCUT2D eigenvalue weighted by atomic mass is 9.97. The van der Waals surface area contributed by atoms with E-state index in [-0.39, 0.29) is 12.7 Å². The highest BCUT2D eigenvalue weighted by Gasteiger charge is 2.22. The molecule has 19 heavy (non-hydrogen) atoms. The Hall–Kier alpha value is -2.15. The fourth-order valence-corrected chi connectivity index (χ4v) is 2.22. The zero-order chi connectivity index (χ0) is 13.2. The Labute approximate surface area is 110 Å². The van der Waals surface area contributed by atoms with E-state index in [1.54, 1.807) is 4.68 Å². The highest BCUT2D eigenvalue weighted by atomic mass is 16.7. The maximum absolute atomic E-state index is 5.41. The largest absolute Gasteiger partial charge is 0.454 e. The Bertz CT molecular complexity index is 583. The van der Waals surface area contributed by atoms with Crippen LogP contribution in [0.3, 0.4) is 0 Å². The van der Waals surface area contributed by atoms with Crippen LogP contribution in [0.1, 0.15) is 17.3 Å². The minimum atomic E-state index is 0.0690. The molecule has 1 aliphatic rings. The van der Waals surface area contributed by atoms with Crippen molar-refractivity contribution < 1.29 is 9.47 Å². The molecule has 0 saturated carbocycles. The van der Waals surface area contributed by atoms with Crippen LogP contribution in [0.2, 0.25) is 0 Å². The van der Waals surface area contributed by atoms with Gasteiger partial charge in [0.1, 0.15) is 0 Å². The van der Waals surface area contributed by atoms with Gasteiger partial charge in [0.2, 0.25) is 6.79 Å². The van der Waals surface area contributed by atoms with Crippen LogP contribution in [0, 0.1) is 0 Å². The Balaban J connectivity index is 1.98. The summed E-state index contributed by atoms with van der Waals surface area (Å²) in [6.07, 6.45) is 0. The maximum Gasteiger partial charge on any atom is 0.231 e. The van der Waals surface area contributed by atoms with Crippen molar-refractivity contribution in [2.45, 2.75) is 5.92 Å². The predicted octanol–water partition coefficient (Wildman–Crippen LogP) is 0.290. The minimum absolute atomic E-state index is 0.0690. The second-order valence-corrected chi connectivity index (χ2v) is 4.38. The molecule has 1 atom stereocenters. The van der Waals surface area contributed by atoms with E-state index in [0.29, 0.717) is 0 Å². The Kier molecular flexibility index (Phi) is 3.04. The van der Waals surface area contributed by atoms with Crippen molar-refractivity contribution in [1.82, 2.24) is 25.5 Å². The number of rotatable bonds is 4. The van der Waals surface area contributed by atoms with Crippen molar-refractivity contribution in [2.24, 2.45) is 7.05 Å². The van der Waals surface area contributed by atoms with Crippen LogP contribution in [-0.2, 0) is 7.05 Å². The number of hydrogen-bond acceptors (Lipinski definition) is 6. The number of aromatic nitrogens is 4. The highest BCUT2D eigenvalue weighted by Crippen LogP contribution is 2.35. The zero-order valence-corrected chi connectivity index (χ0v) is 10.8. The lowest BCUT2D eigenvalue weighted by molar-refractivity contribution is 0.174. The molecule has 100 valence electrons. The van der Waals surface area contributed by atoms with Gasteiger partial charge >= 0.3 is 0 Å². The Morgan fingerprint density at radius 1 is 1.37 bits per heavy atom. The van der Waals surface area contributed by atoms with Gasteiger partial charge in [-0.05, 0) is 35.2 Å². The van der Waals surface area contributed by atoms with Gasteiger partial charge in [-0.15, -0.1) is 5.10 Å². The molecule has 1 aromatic carbocycles. The fraction of sp³-hybridized carbons (Fsp3) is 0.417. The quantitative estimate of drug-likeness (QED) is 0.852.